The number of nitrogens with zero attached hydrogens (tertiary/aromatic N) is 1. The fourth-order valence-electron chi connectivity index (χ4n) is 1.29. The van der Waals surface area contributed by atoms with E-state index in [4.69, 9.17) is 16.7 Å². The van der Waals surface area contributed by atoms with Crippen molar-refractivity contribution in [3.8, 4) is 0 Å². The molecule has 1 N–H and O–H groups in total. The SMILES string of the molecule is Cc1cc2c(CO)cnc(Cl)c2s1. The molecule has 0 aliphatic rings. The van der Waals surface area contributed by atoms with E-state index in [0.717, 1.165) is 15.6 Å². The van der Waals surface area contributed by atoms with Gasteiger partial charge in [-0.2, -0.15) is 0 Å². The predicted octanol–water partition coefficient (Wildman–Crippen LogP) is 2.75. The molecule has 68 valence electrons. The lowest BCUT2D eigenvalue weighted by atomic mass is 10.2. The molecule has 0 radical (unpaired) electrons. The first-order chi connectivity index (χ1) is 6.22. The van der Waals surface area contributed by atoms with Crippen molar-refractivity contribution in [3.63, 3.8) is 0 Å². The largest absolute Gasteiger partial charge is 0.392 e. The van der Waals surface area contributed by atoms with Gasteiger partial charge < -0.3 is 5.11 Å². The Morgan fingerprint density at radius 3 is 3.08 bits per heavy atom. The van der Waals surface area contributed by atoms with Crippen LogP contribution in [0.4, 0.5) is 0 Å². The zero-order valence-corrected chi connectivity index (χ0v) is 8.61. The molecule has 0 unspecified atom stereocenters. The van der Waals surface area contributed by atoms with Gasteiger partial charge in [-0.05, 0) is 13.0 Å². The van der Waals surface area contributed by atoms with Crippen molar-refractivity contribution in [2.45, 2.75) is 13.5 Å². The van der Waals surface area contributed by atoms with Crippen LogP contribution in [0.15, 0.2) is 12.3 Å². The molecule has 0 fully saturated rings. The number of halogens is 1. The van der Waals surface area contributed by atoms with Gasteiger partial charge in [0.15, 0.2) is 0 Å². The maximum atomic E-state index is 9.06. The summed E-state index contributed by atoms with van der Waals surface area (Å²) in [5.74, 6) is 0. The Labute approximate surface area is 84.8 Å². The van der Waals surface area contributed by atoms with Crippen LogP contribution in [0, 0.1) is 6.92 Å². The molecular formula is C9H8ClNOS. The third kappa shape index (κ3) is 1.43. The summed E-state index contributed by atoms with van der Waals surface area (Å²) in [6.07, 6.45) is 1.62. The van der Waals surface area contributed by atoms with Crippen LogP contribution in [-0.2, 0) is 6.61 Å². The molecule has 0 aromatic carbocycles. The van der Waals surface area contributed by atoms with Crippen LogP contribution in [0.1, 0.15) is 10.4 Å². The summed E-state index contributed by atoms with van der Waals surface area (Å²) >= 11 is 7.52. The van der Waals surface area contributed by atoms with Crippen molar-refractivity contribution in [1.82, 2.24) is 4.98 Å². The molecule has 2 aromatic heterocycles. The van der Waals surface area contributed by atoms with Gasteiger partial charge in [0.25, 0.3) is 0 Å². The van der Waals surface area contributed by atoms with Crippen LogP contribution in [0.2, 0.25) is 5.15 Å². The highest BCUT2D eigenvalue weighted by atomic mass is 35.5. The van der Waals surface area contributed by atoms with E-state index in [1.807, 2.05) is 13.0 Å². The van der Waals surface area contributed by atoms with Gasteiger partial charge in [0.1, 0.15) is 5.15 Å². The van der Waals surface area contributed by atoms with Crippen molar-refractivity contribution >= 4 is 33.0 Å². The molecular weight excluding hydrogens is 206 g/mol. The summed E-state index contributed by atoms with van der Waals surface area (Å²) in [5.41, 5.74) is 0.837. The maximum Gasteiger partial charge on any atom is 0.146 e. The predicted molar refractivity (Wildman–Crippen MR) is 55.3 cm³/mol. The molecule has 4 heteroatoms. The number of hydrogen-bond donors (Lipinski definition) is 1. The zero-order valence-electron chi connectivity index (χ0n) is 7.04. The monoisotopic (exact) mass is 213 g/mol. The molecule has 0 saturated heterocycles. The van der Waals surface area contributed by atoms with E-state index in [0.29, 0.717) is 5.15 Å². The highest BCUT2D eigenvalue weighted by Gasteiger charge is 2.07. The second-order valence-electron chi connectivity index (χ2n) is 2.83. The third-order valence-corrected chi connectivity index (χ3v) is 3.35. The van der Waals surface area contributed by atoms with Crippen LogP contribution in [0.3, 0.4) is 0 Å². The topological polar surface area (TPSA) is 33.1 Å². The Morgan fingerprint density at radius 1 is 1.62 bits per heavy atom. The van der Waals surface area contributed by atoms with E-state index >= 15 is 0 Å². The van der Waals surface area contributed by atoms with Crippen molar-refractivity contribution < 1.29 is 5.11 Å². The molecule has 2 aromatic rings. The van der Waals surface area contributed by atoms with Gasteiger partial charge in [0, 0.05) is 22.0 Å². The van der Waals surface area contributed by atoms with Crippen LogP contribution in [0.5, 0.6) is 0 Å². The molecule has 2 heterocycles. The molecule has 0 amide bonds. The van der Waals surface area contributed by atoms with E-state index in [1.165, 1.54) is 4.88 Å². The summed E-state index contributed by atoms with van der Waals surface area (Å²) in [6, 6.07) is 2.03. The molecule has 0 atom stereocenters. The summed E-state index contributed by atoms with van der Waals surface area (Å²) in [4.78, 5) is 5.19. The van der Waals surface area contributed by atoms with E-state index in [9.17, 15) is 0 Å². The first kappa shape index (κ1) is 8.94. The summed E-state index contributed by atoms with van der Waals surface area (Å²) in [6.45, 7) is 2.03. The Morgan fingerprint density at radius 2 is 2.38 bits per heavy atom. The fourth-order valence-corrected chi connectivity index (χ4v) is 2.50. The van der Waals surface area contributed by atoms with Crippen molar-refractivity contribution in [2.24, 2.45) is 0 Å². The fraction of sp³-hybridized carbons (Fsp3) is 0.222. The quantitative estimate of drug-likeness (QED) is 0.739. The Kier molecular flexibility index (Phi) is 2.24. The van der Waals surface area contributed by atoms with Gasteiger partial charge in [0.05, 0.1) is 11.3 Å². The number of thiophene rings is 1. The van der Waals surface area contributed by atoms with Crippen LogP contribution >= 0.6 is 22.9 Å². The van der Waals surface area contributed by atoms with E-state index in [1.54, 1.807) is 17.5 Å². The first-order valence-corrected chi connectivity index (χ1v) is 5.06. The van der Waals surface area contributed by atoms with Gasteiger partial charge in [-0.3, -0.25) is 0 Å². The lowest BCUT2D eigenvalue weighted by molar-refractivity contribution is 0.283. The molecule has 0 bridgehead atoms. The summed E-state index contributed by atoms with van der Waals surface area (Å²) < 4.78 is 0.964. The van der Waals surface area contributed by atoms with Gasteiger partial charge >= 0.3 is 0 Å². The zero-order chi connectivity index (χ0) is 9.42. The van der Waals surface area contributed by atoms with Crippen molar-refractivity contribution in [1.29, 1.82) is 0 Å². The molecule has 13 heavy (non-hydrogen) atoms. The molecule has 0 aliphatic carbocycles. The van der Waals surface area contributed by atoms with Crippen LogP contribution in [0.25, 0.3) is 10.1 Å². The lowest BCUT2D eigenvalue weighted by Crippen LogP contribution is -1.85. The molecule has 0 saturated carbocycles. The van der Waals surface area contributed by atoms with Gasteiger partial charge in [0.2, 0.25) is 0 Å². The Balaban J connectivity index is 2.83. The van der Waals surface area contributed by atoms with Gasteiger partial charge in [-0.1, -0.05) is 11.6 Å². The number of rotatable bonds is 1. The number of pyridine rings is 1. The average molecular weight is 214 g/mol. The molecule has 2 nitrogen and oxygen atoms in total. The second-order valence-corrected chi connectivity index (χ2v) is 4.45. The standard InChI is InChI=1S/C9H8ClNOS/c1-5-2-7-6(4-12)3-11-9(10)8(7)13-5/h2-3,12H,4H2,1H3. The minimum absolute atomic E-state index is 0.0108. The van der Waals surface area contributed by atoms with E-state index in [-0.39, 0.29) is 6.61 Å². The molecule has 0 spiro atoms. The highest BCUT2D eigenvalue weighted by molar-refractivity contribution is 7.19. The van der Waals surface area contributed by atoms with E-state index in [2.05, 4.69) is 4.98 Å². The smallest absolute Gasteiger partial charge is 0.146 e. The van der Waals surface area contributed by atoms with Crippen LogP contribution < -0.4 is 0 Å². The minimum Gasteiger partial charge on any atom is -0.392 e. The number of aliphatic hydroxyl groups is 1. The van der Waals surface area contributed by atoms with Gasteiger partial charge in [-0.25, -0.2) is 4.98 Å². The summed E-state index contributed by atoms with van der Waals surface area (Å²) in [7, 11) is 0. The van der Waals surface area contributed by atoms with Crippen molar-refractivity contribution in [3.05, 3.63) is 27.9 Å². The summed E-state index contributed by atoms with van der Waals surface area (Å²) in [5, 5.41) is 10.6. The molecule has 0 aliphatic heterocycles. The first-order valence-electron chi connectivity index (χ1n) is 3.86. The Hall–Kier alpha value is -0.640. The number of fused-ring (bicyclic) bond motifs is 1. The lowest BCUT2D eigenvalue weighted by Gasteiger charge is -1.98. The van der Waals surface area contributed by atoms with Crippen molar-refractivity contribution in [2.75, 3.05) is 0 Å². The highest BCUT2D eigenvalue weighted by Crippen LogP contribution is 2.32. The third-order valence-electron chi connectivity index (χ3n) is 1.89. The normalized spacial score (nSPS) is 11.0. The average Bonchev–Trinajstić information content (AvgIpc) is 2.48. The number of aryl methyl sites for hydroxylation is 1. The number of aromatic nitrogens is 1. The maximum absolute atomic E-state index is 9.06. The van der Waals surface area contributed by atoms with E-state index < -0.39 is 0 Å². The minimum atomic E-state index is 0.0108. The number of aliphatic hydroxyl groups excluding tert-OH is 1. The Bertz CT molecular complexity index is 452. The van der Waals surface area contributed by atoms with Crippen LogP contribution in [-0.4, -0.2) is 10.1 Å². The number of hydrogen-bond acceptors (Lipinski definition) is 3. The second kappa shape index (κ2) is 3.25. The molecule has 2 rings (SSSR count). The van der Waals surface area contributed by atoms with Gasteiger partial charge in [-0.15, -0.1) is 11.3 Å².